The largest absolute Gasteiger partial charge is 2.00 e. The van der Waals surface area contributed by atoms with Crippen LogP contribution in [-0.2, 0) is 175 Å². The van der Waals surface area contributed by atoms with Crippen molar-refractivity contribution in [2.75, 3.05) is 0 Å². The van der Waals surface area contributed by atoms with Gasteiger partial charge in [0, 0.05) is 232 Å². The average molecular weight is 3380 g/mol. The van der Waals surface area contributed by atoms with Crippen molar-refractivity contribution >= 4 is 80.9 Å². The first-order valence-corrected chi connectivity index (χ1v) is 47.7. The number of hydrogen-bond acceptors (Lipinski definition) is 17. The van der Waals surface area contributed by atoms with E-state index in [1.165, 1.54) is 39.4 Å². The summed E-state index contributed by atoms with van der Waals surface area (Å²) in [6, 6.07) is 58.5. The summed E-state index contributed by atoms with van der Waals surface area (Å²) < 4.78 is 23.6. The van der Waals surface area contributed by atoms with Gasteiger partial charge < -0.3 is 61.8 Å². The Bertz CT molecular complexity index is 5720. The minimum Gasteiger partial charge on any atom is -0.749 e. The van der Waals surface area contributed by atoms with Crippen LogP contribution < -0.4 is 4.98 Å². The fourth-order valence-corrected chi connectivity index (χ4v) is 10.3. The van der Waals surface area contributed by atoms with Gasteiger partial charge in [0.15, 0.2) is 11.3 Å². The molecule has 150 heavy (non-hydrogen) atoms. The first-order chi connectivity index (χ1) is 70.1. The van der Waals surface area contributed by atoms with E-state index in [0.29, 0.717) is 0 Å². The van der Waals surface area contributed by atoms with E-state index in [-0.39, 0.29) is 169 Å². The van der Waals surface area contributed by atoms with Crippen LogP contribution in [0.15, 0.2) is 362 Å². The maximum absolute atomic E-state index is 5.12. The van der Waals surface area contributed by atoms with Gasteiger partial charge in [-0.2, -0.15) is 38.7 Å². The van der Waals surface area contributed by atoms with Gasteiger partial charge in [-0.3, -0.25) is 55.3 Å². The normalized spacial score (nSPS) is 8.59. The standard InChI is InChI=1S/C8H7N.C7H7N3.4C7H6N2.C6H7N3.3C6H5N3.2C6H5N.C5H5N3.C5H4N2.11C2H6.8W/c1-2-6-9-7-3-5-8(9)4-1;1-6-8-9-7-4-2-3-5-10(6)7;1-3-7-8-4-2-6-9(7)5-1;1-3-7-4-2-6-9(7)8-5-1;1-2-7-6-8-3-5-9(7)4-1;1-2-6-9-7(3-1)4-5-8-9;1-5-7-8-6-3-2-4-9(5)6;1-3-7-6-2-4-8-9(6)5-1;1-2-9-5-8-4-6(9)3-7-1;1-2-6-4-7-5-9(6)8-3-1;1-2-7-5-3-4-6-7;1-2-6-4-3-5-7-6;1-3-8-4-6-7-5(8)2;1-2-7-5-3-4-6-7;11*1-2;;;;;;;;/h1-7H;2-5H,1H3;4*1-6H;2,4H,3H2,1H3;3*1-5H;2*1-5H;1,3H,2H3;1-4H;11*1-2H3;;;;;;;;/q;;;;;;;;;;4*-2;;;;;;;;;;;;;;;;4*+2. The van der Waals surface area contributed by atoms with Crippen LogP contribution in [-0.4, -0.2) is 144 Å². The number of pyridine rings is 3. The Morgan fingerprint density at radius 2 is 0.807 bits per heavy atom. The maximum atomic E-state index is 5.12. The molecule has 0 fully saturated rings. The summed E-state index contributed by atoms with van der Waals surface area (Å²) in [4.78, 5) is 27.7. The SMILES string of the molecule is CC.CC.CC.CC.CC.CC.CC.CC.CC.CC.CC.Cc1nnc2ccccn12.Cc1nnc2n1C=CC2.[CH-]=Cc1ccc[n-]1.[CH-]=Cn1[c-]ccc1.[CH-]=Cn1[c-]ccn1.[CH-]=Cn1[c-]nnc1C.[W+2].[W+2].[W+2].[W+2].[W].[W].[W].[W].c1cc2cnccn2c1.c1ccn2cccc2c1.c1ccn2nccc2c1.c1cn2cncc2cn1.c1cnc2cccn2c1.c1cnc2ccnn2c1.c1cnn2cccc2c1.c1cnn2cncc2c1. The molecule has 39 heteroatoms. The van der Waals surface area contributed by atoms with Crippen LogP contribution in [0.5, 0.6) is 0 Å². The summed E-state index contributed by atoms with van der Waals surface area (Å²) >= 11 is 0. The first kappa shape index (κ1) is 156. The van der Waals surface area contributed by atoms with Crippen molar-refractivity contribution < 1.29 is 169 Å². The third-order valence-corrected chi connectivity index (χ3v) is 16.2. The molecule has 1 aliphatic heterocycles. The Morgan fingerprint density at radius 1 is 0.320 bits per heavy atom. The number of aryl methyl sites for hydroxylation is 3. The van der Waals surface area contributed by atoms with Crippen molar-refractivity contribution in [2.24, 2.45) is 0 Å². The van der Waals surface area contributed by atoms with Crippen LogP contribution in [0.25, 0.3) is 80.9 Å². The summed E-state index contributed by atoms with van der Waals surface area (Å²) in [6.07, 6.45) is 69.9. The molecule has 1 aliphatic rings. The molecule has 0 bridgehead atoms. The Morgan fingerprint density at radius 3 is 1.33 bits per heavy atom. The Hall–Kier alpha value is -11.7. The van der Waals surface area contributed by atoms with Crippen molar-refractivity contribution in [3.8, 4) is 0 Å². The molecule has 0 amide bonds. The molecular weight excluding hydrogens is 3240 g/mol. The smallest absolute Gasteiger partial charge is 0.749 e. The van der Waals surface area contributed by atoms with Crippen molar-refractivity contribution in [3.63, 3.8) is 0 Å². The average Bonchev–Trinajstić information content (AvgIpc) is 1.69. The molecule has 23 aromatic rings. The summed E-state index contributed by atoms with van der Waals surface area (Å²) in [7, 11) is 0. The number of rotatable bonds is 4. The van der Waals surface area contributed by atoms with Gasteiger partial charge in [-0.05, 0) is 141 Å². The summed E-state index contributed by atoms with van der Waals surface area (Å²) in [5.74, 6) is 3.69. The van der Waals surface area contributed by atoms with Crippen molar-refractivity contribution in [2.45, 2.75) is 180 Å². The van der Waals surface area contributed by atoms with Crippen LogP contribution >= 0.6 is 0 Å². The van der Waals surface area contributed by atoms with E-state index in [0.717, 1.165) is 79.9 Å². The molecule has 0 aliphatic carbocycles. The van der Waals surface area contributed by atoms with Gasteiger partial charge in [0.2, 0.25) is 0 Å². The summed E-state index contributed by atoms with van der Waals surface area (Å²) in [5.41, 5.74) is 10.3. The number of fused-ring (bicyclic) bond motifs is 10. The second-order valence-electron chi connectivity index (χ2n) is 24.1. The molecule has 0 N–H and O–H groups in total. The van der Waals surface area contributed by atoms with E-state index in [1.54, 1.807) is 126 Å². The molecule has 0 spiro atoms. The number of aromatic nitrogens is 31. The van der Waals surface area contributed by atoms with E-state index >= 15 is 0 Å². The van der Waals surface area contributed by atoms with Gasteiger partial charge in [-0.25, -0.2) is 48.2 Å². The van der Waals surface area contributed by atoms with Gasteiger partial charge >= 0.3 is 84.3 Å². The van der Waals surface area contributed by atoms with Crippen molar-refractivity contribution in [1.29, 1.82) is 0 Å². The number of allylic oxidation sites excluding steroid dienone is 1. The van der Waals surface area contributed by atoms with Gasteiger partial charge in [-0.1, -0.05) is 202 Å². The predicted octanol–water partition coefficient (Wildman–Crippen LogP) is 25.5. The molecular formula is C111H145N31W8. The minimum atomic E-state index is 0. The minimum absolute atomic E-state index is 0. The molecule has 0 aromatic carbocycles. The number of nitrogens with zero attached hydrogens (tertiary/aromatic N) is 31. The zero-order valence-electron chi connectivity index (χ0n) is 90.6. The number of imidazole rings is 2. The zero-order chi connectivity index (χ0) is 105. The molecule has 0 unspecified atom stereocenters. The van der Waals surface area contributed by atoms with Crippen LogP contribution in [0.3, 0.4) is 0 Å². The fraction of sp³-hybridized carbons (Fsp3) is 0.234. The van der Waals surface area contributed by atoms with Gasteiger partial charge in [-0.15, -0.1) is 44.8 Å². The summed E-state index contributed by atoms with van der Waals surface area (Å²) in [6.45, 7) is 70.0. The van der Waals surface area contributed by atoms with Crippen LogP contribution in [0.2, 0.25) is 0 Å². The van der Waals surface area contributed by atoms with E-state index in [9.17, 15) is 0 Å². The first-order valence-electron chi connectivity index (χ1n) is 47.7. The third-order valence-electron chi connectivity index (χ3n) is 16.2. The van der Waals surface area contributed by atoms with Crippen LogP contribution in [0, 0.1) is 65.8 Å². The molecule has 24 rings (SSSR count). The van der Waals surface area contributed by atoms with Crippen molar-refractivity contribution in [1.82, 2.24) is 149 Å². The second-order valence-corrected chi connectivity index (χ2v) is 24.1. The second kappa shape index (κ2) is 106. The quantitative estimate of drug-likeness (QED) is 0.148. The van der Waals surface area contributed by atoms with E-state index in [1.807, 2.05) is 442 Å². The topological polar surface area (TPSA) is 293 Å². The Labute approximate surface area is 1000 Å². The van der Waals surface area contributed by atoms with E-state index < -0.39 is 0 Å². The summed E-state index contributed by atoms with van der Waals surface area (Å²) in [5, 5.41) is 42.6. The third kappa shape index (κ3) is 60.9. The van der Waals surface area contributed by atoms with Crippen molar-refractivity contribution in [3.05, 3.63) is 436 Å². The van der Waals surface area contributed by atoms with Gasteiger partial charge in [0.25, 0.3) is 0 Å². The van der Waals surface area contributed by atoms with Gasteiger partial charge in [0.05, 0.1) is 64.9 Å². The molecule has 31 nitrogen and oxygen atoms in total. The maximum Gasteiger partial charge on any atom is 2.00 e. The van der Waals surface area contributed by atoms with Gasteiger partial charge in [0.1, 0.15) is 29.4 Å². The predicted molar refractivity (Wildman–Crippen MR) is 585 cm³/mol. The molecule has 24 heterocycles. The Kier molecular flexibility index (Phi) is 110. The Balaban J connectivity index is -0.000000200. The molecule has 0 atom stereocenters. The van der Waals surface area contributed by atoms with E-state index in [4.69, 9.17) is 26.3 Å². The molecule has 0 saturated heterocycles. The molecule has 23 aromatic heterocycles. The monoisotopic (exact) mass is 3380 g/mol. The van der Waals surface area contributed by atoms with Crippen LogP contribution in [0.4, 0.5) is 0 Å². The number of hydrogen-bond donors (Lipinski definition) is 0. The van der Waals surface area contributed by atoms with Crippen LogP contribution in [0.1, 0.15) is 181 Å². The molecule has 0 saturated carbocycles. The van der Waals surface area contributed by atoms with E-state index in [2.05, 4.69) is 132 Å². The fourth-order valence-electron chi connectivity index (χ4n) is 10.3. The zero-order valence-corrected chi connectivity index (χ0v) is 114. The molecule has 792 valence electrons. The molecule has 0 radical (unpaired) electrons.